The summed E-state index contributed by atoms with van der Waals surface area (Å²) in [7, 11) is 0. The lowest BCUT2D eigenvalue weighted by atomic mass is 10.1. The molecule has 3 aromatic carbocycles. The van der Waals surface area contributed by atoms with Crippen LogP contribution in [0.2, 0.25) is 0 Å². The first kappa shape index (κ1) is 27.7. The summed E-state index contributed by atoms with van der Waals surface area (Å²) in [5.41, 5.74) is 0.380. The van der Waals surface area contributed by atoms with Crippen LogP contribution in [0.4, 0.5) is 0 Å². The quantitative estimate of drug-likeness (QED) is 0.189. The Kier molecular flexibility index (Phi) is 8.47. The molecule has 11 heteroatoms. The lowest BCUT2D eigenvalue weighted by Gasteiger charge is -2.25. The highest BCUT2D eigenvalue weighted by Crippen LogP contribution is 2.35. The van der Waals surface area contributed by atoms with Crippen molar-refractivity contribution in [3.05, 3.63) is 135 Å². The van der Waals surface area contributed by atoms with Crippen LogP contribution in [0.3, 0.4) is 0 Å². The molecule has 2 heterocycles. The third-order valence-corrected chi connectivity index (χ3v) is 6.62. The SMILES string of the molecule is O=C(OC[C@@H]1O[C@@H](n2ccc(=O)[nH]c2=S)[C@@H](OC(=O)c2ccccc2)[C@@H]1OC(=O)c1ccccc1)c1ccccc1. The highest BCUT2D eigenvalue weighted by atomic mass is 32.1. The number of aromatic amines is 1. The molecular formula is C30H24N2O8S. The first-order valence-electron chi connectivity index (χ1n) is 12.6. The van der Waals surface area contributed by atoms with E-state index in [-0.39, 0.29) is 22.5 Å². The molecule has 4 atom stereocenters. The van der Waals surface area contributed by atoms with Gasteiger partial charge in [0.1, 0.15) is 12.7 Å². The van der Waals surface area contributed by atoms with Gasteiger partial charge in [-0.3, -0.25) is 14.3 Å². The number of nitrogens with zero attached hydrogens (tertiary/aromatic N) is 1. The van der Waals surface area contributed by atoms with E-state index in [0.29, 0.717) is 5.56 Å². The number of carbonyl (C=O) groups is 3. The molecule has 0 amide bonds. The smallest absolute Gasteiger partial charge is 0.338 e. The number of benzene rings is 3. The second kappa shape index (κ2) is 12.5. The van der Waals surface area contributed by atoms with Crippen LogP contribution in [-0.4, -0.2) is 52.4 Å². The number of aromatic nitrogens is 2. The number of esters is 3. The number of hydrogen-bond acceptors (Lipinski definition) is 9. The molecule has 0 aliphatic carbocycles. The first-order valence-corrected chi connectivity index (χ1v) is 13.0. The predicted molar refractivity (Wildman–Crippen MR) is 148 cm³/mol. The zero-order valence-corrected chi connectivity index (χ0v) is 22.3. The topological polar surface area (TPSA) is 126 Å². The maximum absolute atomic E-state index is 13.2. The average molecular weight is 573 g/mol. The van der Waals surface area contributed by atoms with Crippen molar-refractivity contribution in [2.75, 3.05) is 6.61 Å². The third kappa shape index (κ3) is 6.48. The molecule has 1 aromatic heterocycles. The fraction of sp³-hybridized carbons (Fsp3) is 0.167. The van der Waals surface area contributed by atoms with Gasteiger partial charge in [-0.25, -0.2) is 14.4 Å². The standard InChI is InChI=1S/C30H24N2O8S/c33-23-16-17-32(30(41)31-23)26-25(40-29(36)21-14-8-3-9-15-21)24(39-28(35)20-12-6-2-7-13-20)22(38-26)18-37-27(34)19-10-4-1-5-11-19/h1-17,22,24-26H,18H2,(H,31,33,41)/t22-,24+,25-,26+/m0/s1. The molecule has 10 nitrogen and oxygen atoms in total. The minimum absolute atomic E-state index is 0.0154. The van der Waals surface area contributed by atoms with Crippen LogP contribution in [0, 0.1) is 4.77 Å². The second-order valence-corrected chi connectivity index (χ2v) is 9.41. The Morgan fingerprint density at radius 1 is 0.732 bits per heavy atom. The lowest BCUT2D eigenvalue weighted by Crippen LogP contribution is -2.41. The molecule has 0 bridgehead atoms. The Bertz CT molecular complexity index is 1640. The van der Waals surface area contributed by atoms with Crippen molar-refractivity contribution < 1.29 is 33.3 Å². The van der Waals surface area contributed by atoms with Gasteiger partial charge in [0.15, 0.2) is 23.2 Å². The van der Waals surface area contributed by atoms with E-state index in [1.54, 1.807) is 91.0 Å². The molecule has 5 rings (SSSR count). The van der Waals surface area contributed by atoms with E-state index in [1.165, 1.54) is 16.8 Å². The van der Waals surface area contributed by atoms with E-state index in [9.17, 15) is 19.2 Å². The summed E-state index contributed by atoms with van der Waals surface area (Å²) in [6.07, 6.45) is -3.29. The molecule has 1 fully saturated rings. The number of ether oxygens (including phenoxy) is 4. The van der Waals surface area contributed by atoms with E-state index in [1.807, 2.05) is 0 Å². The minimum atomic E-state index is -1.24. The predicted octanol–water partition coefficient (Wildman–Crippen LogP) is 4.11. The fourth-order valence-corrected chi connectivity index (χ4v) is 4.57. The zero-order valence-electron chi connectivity index (χ0n) is 21.5. The molecule has 1 aliphatic rings. The summed E-state index contributed by atoms with van der Waals surface area (Å²) < 4.78 is 24.8. The molecule has 4 aromatic rings. The monoisotopic (exact) mass is 572 g/mol. The van der Waals surface area contributed by atoms with E-state index in [2.05, 4.69) is 4.98 Å². The third-order valence-electron chi connectivity index (χ3n) is 6.30. The largest absolute Gasteiger partial charge is 0.459 e. The van der Waals surface area contributed by atoms with Crippen LogP contribution < -0.4 is 5.56 Å². The van der Waals surface area contributed by atoms with Crippen molar-refractivity contribution in [3.8, 4) is 0 Å². The maximum atomic E-state index is 13.2. The van der Waals surface area contributed by atoms with E-state index in [4.69, 9.17) is 31.2 Å². The van der Waals surface area contributed by atoms with Crippen molar-refractivity contribution >= 4 is 30.1 Å². The summed E-state index contributed by atoms with van der Waals surface area (Å²) in [4.78, 5) is 53.4. The van der Waals surface area contributed by atoms with Crippen LogP contribution in [0.5, 0.6) is 0 Å². The van der Waals surface area contributed by atoms with Gasteiger partial charge in [-0.2, -0.15) is 0 Å². The molecule has 0 radical (unpaired) electrons. The Morgan fingerprint density at radius 2 is 1.22 bits per heavy atom. The maximum Gasteiger partial charge on any atom is 0.338 e. The number of carbonyl (C=O) groups excluding carboxylic acids is 3. The Balaban J connectivity index is 1.50. The average Bonchev–Trinajstić information content (AvgIpc) is 3.33. The summed E-state index contributed by atoms with van der Waals surface area (Å²) in [5.74, 6) is -2.03. The Morgan fingerprint density at radius 3 is 1.73 bits per heavy atom. The number of H-pyrrole nitrogens is 1. The van der Waals surface area contributed by atoms with Gasteiger partial charge in [0, 0.05) is 12.3 Å². The van der Waals surface area contributed by atoms with Gasteiger partial charge >= 0.3 is 17.9 Å². The van der Waals surface area contributed by atoms with Gasteiger partial charge in [0.05, 0.1) is 16.7 Å². The number of hydrogen-bond donors (Lipinski definition) is 1. The van der Waals surface area contributed by atoms with Crippen LogP contribution in [0.1, 0.15) is 37.3 Å². The van der Waals surface area contributed by atoms with Gasteiger partial charge in [0.2, 0.25) is 0 Å². The second-order valence-electron chi connectivity index (χ2n) is 9.02. The molecule has 1 N–H and O–H groups in total. The first-order chi connectivity index (χ1) is 19.9. The van der Waals surface area contributed by atoms with Crippen molar-refractivity contribution in [3.63, 3.8) is 0 Å². The molecule has 0 saturated carbocycles. The molecule has 1 aliphatic heterocycles. The summed E-state index contributed by atoms with van der Waals surface area (Å²) in [6, 6.07) is 26.1. The fourth-order valence-electron chi connectivity index (χ4n) is 4.31. The molecule has 1 saturated heterocycles. The molecule has 0 spiro atoms. The Hall–Kier alpha value is -4.87. The molecule has 208 valence electrons. The summed E-state index contributed by atoms with van der Waals surface area (Å²) in [5, 5.41) is 0. The van der Waals surface area contributed by atoms with E-state index in [0.717, 1.165) is 0 Å². The van der Waals surface area contributed by atoms with Gasteiger partial charge in [-0.05, 0) is 48.6 Å². The summed E-state index contributed by atoms with van der Waals surface area (Å²) in [6.45, 7) is -0.340. The highest BCUT2D eigenvalue weighted by molar-refractivity contribution is 7.71. The van der Waals surface area contributed by atoms with Crippen LogP contribution in [-0.2, 0) is 18.9 Å². The van der Waals surface area contributed by atoms with E-state index < -0.39 is 48.0 Å². The van der Waals surface area contributed by atoms with Crippen molar-refractivity contribution in [2.24, 2.45) is 0 Å². The number of rotatable bonds is 8. The molecule has 41 heavy (non-hydrogen) atoms. The number of nitrogens with one attached hydrogen (secondary N) is 1. The Labute approximate surface area is 239 Å². The zero-order chi connectivity index (χ0) is 28.8. The molecule has 0 unspecified atom stereocenters. The van der Waals surface area contributed by atoms with Crippen molar-refractivity contribution in [1.29, 1.82) is 0 Å². The summed E-state index contributed by atoms with van der Waals surface area (Å²) >= 11 is 5.34. The minimum Gasteiger partial charge on any atom is -0.459 e. The highest BCUT2D eigenvalue weighted by Gasteiger charge is 2.51. The van der Waals surface area contributed by atoms with Crippen molar-refractivity contribution in [1.82, 2.24) is 9.55 Å². The normalized spacial score (nSPS) is 19.7. The van der Waals surface area contributed by atoms with Crippen LogP contribution >= 0.6 is 12.2 Å². The van der Waals surface area contributed by atoms with E-state index >= 15 is 0 Å². The van der Waals surface area contributed by atoms with Crippen molar-refractivity contribution in [2.45, 2.75) is 24.5 Å². The van der Waals surface area contributed by atoms with Gasteiger partial charge in [-0.15, -0.1) is 0 Å². The van der Waals surface area contributed by atoms with Gasteiger partial charge in [0.25, 0.3) is 5.56 Å². The molecular weight excluding hydrogens is 548 g/mol. The van der Waals surface area contributed by atoms with Gasteiger partial charge in [-0.1, -0.05) is 54.6 Å². The van der Waals surface area contributed by atoms with Crippen LogP contribution in [0.25, 0.3) is 0 Å². The van der Waals surface area contributed by atoms with Crippen LogP contribution in [0.15, 0.2) is 108 Å². The van der Waals surface area contributed by atoms with Gasteiger partial charge < -0.3 is 18.9 Å². The lowest BCUT2D eigenvalue weighted by molar-refractivity contribution is -0.0632.